The van der Waals surface area contributed by atoms with Crippen LogP contribution >= 0.6 is 7.92 Å². The Kier molecular flexibility index (Phi) is 5.49. The van der Waals surface area contributed by atoms with E-state index in [4.69, 9.17) is 4.98 Å². The minimum atomic E-state index is -0.778. The minimum Gasteiger partial charge on any atom is -0.310 e. The number of hydrogen-bond donors (Lipinski definition) is 1. The summed E-state index contributed by atoms with van der Waals surface area (Å²) in [5.41, 5.74) is 0.519. The van der Waals surface area contributed by atoms with Crippen molar-refractivity contribution in [2.75, 3.05) is 5.32 Å². The van der Waals surface area contributed by atoms with Crippen LogP contribution in [0.15, 0.2) is 78.9 Å². The van der Waals surface area contributed by atoms with Crippen molar-refractivity contribution in [1.82, 2.24) is 4.98 Å². The predicted octanol–water partition coefficient (Wildman–Crippen LogP) is 3.82. The van der Waals surface area contributed by atoms with Crippen molar-refractivity contribution in [2.24, 2.45) is 5.41 Å². The Labute approximate surface area is 156 Å². The number of nitrogens with one attached hydrogen (secondary N) is 1. The third-order valence-corrected chi connectivity index (χ3v) is 6.25. The van der Waals surface area contributed by atoms with Crippen LogP contribution in [-0.2, 0) is 4.79 Å². The van der Waals surface area contributed by atoms with E-state index in [-0.39, 0.29) is 5.91 Å². The number of aromatic nitrogens is 1. The summed E-state index contributed by atoms with van der Waals surface area (Å²) in [5, 5.41) is 5.41. The zero-order valence-electron chi connectivity index (χ0n) is 15.3. The van der Waals surface area contributed by atoms with E-state index in [0.29, 0.717) is 5.82 Å². The van der Waals surface area contributed by atoms with E-state index in [9.17, 15) is 4.79 Å². The number of nitrogens with zero attached hydrogens (tertiary/aromatic N) is 1. The summed E-state index contributed by atoms with van der Waals surface area (Å²) >= 11 is 0. The molecule has 1 amide bonds. The van der Waals surface area contributed by atoms with Crippen LogP contribution < -0.4 is 21.4 Å². The zero-order valence-corrected chi connectivity index (χ0v) is 16.2. The highest BCUT2D eigenvalue weighted by Gasteiger charge is 2.22. The summed E-state index contributed by atoms with van der Waals surface area (Å²) in [6.07, 6.45) is 0. The van der Waals surface area contributed by atoms with Gasteiger partial charge in [0.15, 0.2) is 0 Å². The SMILES string of the molecule is CC(C)(C)C(=O)Nc1cccc(P(c2ccccc2)c2ccccc2)n1. The summed E-state index contributed by atoms with van der Waals surface area (Å²) in [4.78, 5) is 17.1. The molecule has 0 saturated carbocycles. The normalized spacial score (nSPS) is 11.4. The molecule has 132 valence electrons. The Morgan fingerprint density at radius 2 is 1.35 bits per heavy atom. The fraction of sp³-hybridized carbons (Fsp3) is 0.182. The van der Waals surface area contributed by atoms with Gasteiger partial charge in [0, 0.05) is 13.3 Å². The number of carbonyl (C=O) groups excluding carboxylic acids is 1. The quantitative estimate of drug-likeness (QED) is 0.717. The first-order valence-electron chi connectivity index (χ1n) is 8.64. The molecule has 2 aromatic carbocycles. The molecule has 3 rings (SSSR count). The Morgan fingerprint density at radius 3 is 1.85 bits per heavy atom. The number of carbonyl (C=O) groups is 1. The maximum Gasteiger partial charge on any atom is 0.230 e. The lowest BCUT2D eigenvalue weighted by Crippen LogP contribution is -2.29. The highest BCUT2D eigenvalue weighted by atomic mass is 31.1. The Balaban J connectivity index is 2.00. The van der Waals surface area contributed by atoms with Gasteiger partial charge in [-0.1, -0.05) is 87.5 Å². The smallest absolute Gasteiger partial charge is 0.230 e. The fourth-order valence-electron chi connectivity index (χ4n) is 2.49. The second-order valence-electron chi connectivity index (χ2n) is 7.09. The molecular formula is C22H23N2OP. The van der Waals surface area contributed by atoms with Crippen molar-refractivity contribution < 1.29 is 4.79 Å². The van der Waals surface area contributed by atoms with Crippen molar-refractivity contribution in [1.29, 1.82) is 0 Å². The van der Waals surface area contributed by atoms with Crippen LogP contribution in [0.25, 0.3) is 0 Å². The molecule has 1 N–H and O–H groups in total. The summed E-state index contributed by atoms with van der Waals surface area (Å²) in [7, 11) is -0.778. The molecule has 0 bridgehead atoms. The molecule has 4 heteroatoms. The molecule has 0 saturated heterocycles. The molecule has 26 heavy (non-hydrogen) atoms. The van der Waals surface area contributed by atoms with Crippen molar-refractivity contribution >= 4 is 35.7 Å². The first-order chi connectivity index (χ1) is 12.4. The monoisotopic (exact) mass is 362 g/mol. The number of benzene rings is 2. The van der Waals surface area contributed by atoms with Gasteiger partial charge in [0.25, 0.3) is 0 Å². The maximum absolute atomic E-state index is 12.3. The van der Waals surface area contributed by atoms with Crippen molar-refractivity contribution in [2.45, 2.75) is 20.8 Å². The molecule has 0 fully saturated rings. The molecule has 0 spiro atoms. The van der Waals surface area contributed by atoms with E-state index < -0.39 is 13.3 Å². The molecule has 0 aliphatic rings. The van der Waals surface area contributed by atoms with Gasteiger partial charge in [-0.3, -0.25) is 4.79 Å². The van der Waals surface area contributed by atoms with Gasteiger partial charge in [-0.2, -0.15) is 0 Å². The van der Waals surface area contributed by atoms with Gasteiger partial charge in [-0.25, -0.2) is 4.98 Å². The van der Waals surface area contributed by atoms with Gasteiger partial charge in [0.05, 0.1) is 5.44 Å². The van der Waals surface area contributed by atoms with Crippen LogP contribution in [0.3, 0.4) is 0 Å². The number of rotatable bonds is 4. The van der Waals surface area contributed by atoms with Gasteiger partial charge in [-0.15, -0.1) is 0 Å². The molecule has 0 radical (unpaired) electrons. The van der Waals surface area contributed by atoms with Crippen molar-refractivity contribution in [3.05, 3.63) is 78.9 Å². The summed E-state index contributed by atoms with van der Waals surface area (Å²) in [6.45, 7) is 5.69. The molecule has 1 heterocycles. The molecule has 0 atom stereocenters. The van der Waals surface area contributed by atoms with E-state index in [1.807, 2.05) is 51.1 Å². The van der Waals surface area contributed by atoms with Crippen LogP contribution in [0.5, 0.6) is 0 Å². The largest absolute Gasteiger partial charge is 0.310 e. The summed E-state index contributed by atoms with van der Waals surface area (Å²) in [5.74, 6) is 0.563. The lowest BCUT2D eigenvalue weighted by atomic mass is 9.96. The van der Waals surface area contributed by atoms with Crippen LogP contribution in [0.2, 0.25) is 0 Å². The second-order valence-corrected chi connectivity index (χ2v) is 9.25. The fourth-order valence-corrected chi connectivity index (χ4v) is 4.70. The Morgan fingerprint density at radius 1 is 0.808 bits per heavy atom. The van der Waals surface area contributed by atoms with Gasteiger partial charge in [0.2, 0.25) is 5.91 Å². The number of pyridine rings is 1. The van der Waals surface area contributed by atoms with Crippen LogP contribution in [0, 0.1) is 5.41 Å². The minimum absolute atomic E-state index is 0.0362. The Bertz CT molecular complexity index is 834. The van der Waals surface area contributed by atoms with Crippen LogP contribution in [-0.4, -0.2) is 10.9 Å². The first kappa shape index (κ1) is 18.3. The van der Waals surface area contributed by atoms with E-state index in [2.05, 4.69) is 53.8 Å². The standard InChI is InChI=1S/C22H23N2OP/c1-22(2,3)21(25)24-19-15-10-16-20(23-19)26(17-11-6-4-7-12-17)18-13-8-5-9-14-18/h4-16H,1-3H3,(H,23,24,25). The van der Waals surface area contributed by atoms with E-state index in [1.165, 1.54) is 10.6 Å². The number of amides is 1. The Hall–Kier alpha value is -2.51. The third kappa shape index (κ3) is 4.36. The van der Waals surface area contributed by atoms with E-state index in [1.54, 1.807) is 0 Å². The predicted molar refractivity (Wildman–Crippen MR) is 111 cm³/mol. The van der Waals surface area contributed by atoms with Gasteiger partial charge in [-0.05, 0) is 22.7 Å². The van der Waals surface area contributed by atoms with Crippen molar-refractivity contribution in [3.63, 3.8) is 0 Å². The lowest BCUT2D eigenvalue weighted by Gasteiger charge is -2.20. The van der Waals surface area contributed by atoms with Gasteiger partial charge >= 0.3 is 0 Å². The average molecular weight is 362 g/mol. The number of anilines is 1. The molecule has 3 nitrogen and oxygen atoms in total. The topological polar surface area (TPSA) is 42.0 Å². The highest BCUT2D eigenvalue weighted by molar-refractivity contribution is 7.79. The first-order valence-corrected chi connectivity index (χ1v) is 9.98. The van der Waals surface area contributed by atoms with Crippen molar-refractivity contribution in [3.8, 4) is 0 Å². The van der Waals surface area contributed by atoms with E-state index >= 15 is 0 Å². The van der Waals surface area contributed by atoms with E-state index in [0.717, 1.165) is 5.44 Å². The molecule has 1 aromatic heterocycles. The summed E-state index contributed by atoms with van der Waals surface area (Å²) in [6, 6.07) is 26.7. The molecule has 0 aliphatic heterocycles. The molecular weight excluding hydrogens is 339 g/mol. The van der Waals surface area contributed by atoms with Gasteiger partial charge < -0.3 is 5.32 Å². The second kappa shape index (κ2) is 7.80. The molecule has 3 aromatic rings. The maximum atomic E-state index is 12.3. The molecule has 0 unspecified atom stereocenters. The average Bonchev–Trinajstić information content (AvgIpc) is 2.63. The van der Waals surface area contributed by atoms with Crippen LogP contribution in [0.4, 0.5) is 5.82 Å². The summed E-state index contributed by atoms with van der Waals surface area (Å²) < 4.78 is 0. The molecule has 0 aliphatic carbocycles. The van der Waals surface area contributed by atoms with Crippen LogP contribution in [0.1, 0.15) is 20.8 Å². The lowest BCUT2D eigenvalue weighted by molar-refractivity contribution is -0.123. The van der Waals surface area contributed by atoms with Gasteiger partial charge in [0.1, 0.15) is 5.82 Å². The highest BCUT2D eigenvalue weighted by Crippen LogP contribution is 2.32. The number of hydrogen-bond acceptors (Lipinski definition) is 2. The third-order valence-electron chi connectivity index (χ3n) is 3.92. The zero-order chi connectivity index (χ0) is 18.6.